The van der Waals surface area contributed by atoms with Gasteiger partial charge in [-0.3, -0.25) is 4.98 Å². The van der Waals surface area contributed by atoms with Gasteiger partial charge in [-0.2, -0.15) is 0 Å². The predicted molar refractivity (Wildman–Crippen MR) is 62.0 cm³/mol. The third-order valence-electron chi connectivity index (χ3n) is 2.26. The Hall–Kier alpha value is -1.34. The van der Waals surface area contributed by atoms with Crippen LogP contribution < -0.4 is 3.79 Å². The van der Waals surface area contributed by atoms with Gasteiger partial charge < -0.3 is 8.90 Å². The molecule has 2 aromatic rings. The fraction of sp³-hybridized carbons (Fsp3) is 0.0833. The number of aromatic nitrogens is 1. The van der Waals surface area contributed by atoms with Crippen LogP contribution in [-0.4, -0.2) is 26.7 Å². The minimum absolute atomic E-state index is 0.0578. The first-order valence-corrected chi connectivity index (χ1v) is 5.35. The van der Waals surface area contributed by atoms with Crippen LogP contribution in [0.5, 0.6) is 5.75 Å². The molecule has 0 saturated carbocycles. The van der Waals surface area contributed by atoms with Crippen LogP contribution in [0, 0.1) is 0 Å². The van der Waals surface area contributed by atoms with Crippen molar-refractivity contribution < 1.29 is 8.90 Å². The first-order chi connectivity index (χ1) is 7.85. The molecule has 1 heterocycles. The summed E-state index contributed by atoms with van der Waals surface area (Å²) in [6.07, 6.45) is 0. The Kier molecular flexibility index (Phi) is 3.58. The summed E-state index contributed by atoms with van der Waals surface area (Å²) in [6, 6.07) is 13.2. The largest absolute Gasteiger partial charge is 0.653 e. The molecule has 0 amide bonds. The Labute approximate surface area is 102 Å². The van der Waals surface area contributed by atoms with E-state index in [1.807, 2.05) is 36.4 Å². The van der Waals surface area contributed by atoms with E-state index in [4.69, 9.17) is 8.90 Å². The number of aliphatic hydroxyl groups is 1. The number of para-hydroxylation sites is 1. The minimum Gasteiger partial charge on any atom is -0.653 e. The summed E-state index contributed by atoms with van der Waals surface area (Å²) in [5.74, 6) is 0.745. The zero-order valence-electron chi connectivity index (χ0n) is 8.63. The topological polar surface area (TPSA) is 42.4 Å². The van der Waals surface area contributed by atoms with Gasteiger partial charge in [0, 0.05) is 5.56 Å². The zero-order valence-corrected chi connectivity index (χ0v) is 9.78. The second kappa shape index (κ2) is 5.13. The quantitative estimate of drug-likeness (QED) is 0.811. The molecule has 1 aromatic carbocycles. The molecule has 0 atom stereocenters. The van der Waals surface area contributed by atoms with Crippen molar-refractivity contribution in [3.63, 3.8) is 0 Å². The zero-order chi connectivity index (χ0) is 11.4. The Balaban J connectivity index is 2.49. The molecule has 4 heteroatoms. The highest BCUT2D eigenvalue weighted by Crippen LogP contribution is 2.27. The Morgan fingerprint density at radius 3 is 2.69 bits per heavy atom. The Morgan fingerprint density at radius 1 is 1.12 bits per heavy atom. The molecule has 2 rings (SSSR count). The molecule has 0 bridgehead atoms. The molecule has 2 radical (unpaired) electrons. The van der Waals surface area contributed by atoms with Crippen LogP contribution in [-0.2, 0) is 6.61 Å². The molecule has 0 aliphatic heterocycles. The number of hydrogen-bond donors (Lipinski definition) is 1. The number of aliphatic hydroxyl groups excluding tert-OH is 1. The lowest BCUT2D eigenvalue weighted by Gasteiger charge is -2.09. The second-order valence-electron chi connectivity index (χ2n) is 3.29. The highest BCUT2D eigenvalue weighted by atomic mass is 27.1. The summed E-state index contributed by atoms with van der Waals surface area (Å²) in [7, 11) is 0. The fourth-order valence-corrected chi connectivity index (χ4v) is 1.70. The van der Waals surface area contributed by atoms with Crippen LogP contribution >= 0.6 is 0 Å². The van der Waals surface area contributed by atoms with Gasteiger partial charge in [0.2, 0.25) is 0 Å². The van der Waals surface area contributed by atoms with Gasteiger partial charge in [-0.1, -0.05) is 18.2 Å². The van der Waals surface area contributed by atoms with E-state index in [-0.39, 0.29) is 6.61 Å². The van der Waals surface area contributed by atoms with Crippen LogP contribution in [0.1, 0.15) is 5.69 Å². The second-order valence-corrected chi connectivity index (χ2v) is 3.52. The van der Waals surface area contributed by atoms with Crippen molar-refractivity contribution in [1.82, 2.24) is 4.98 Å². The van der Waals surface area contributed by atoms with Gasteiger partial charge in [0.1, 0.15) is 0 Å². The molecule has 0 aliphatic carbocycles. The Morgan fingerprint density at radius 2 is 1.94 bits per heavy atom. The number of benzene rings is 1. The monoisotopic (exact) mass is 227 g/mol. The molecule has 0 saturated heterocycles. The third kappa shape index (κ3) is 2.25. The van der Waals surface area contributed by atoms with E-state index in [1.54, 1.807) is 6.07 Å². The molecule has 1 aromatic heterocycles. The van der Waals surface area contributed by atoms with Gasteiger partial charge in [0.15, 0.2) is 0 Å². The van der Waals surface area contributed by atoms with Crippen molar-refractivity contribution in [2.45, 2.75) is 6.61 Å². The van der Waals surface area contributed by atoms with Gasteiger partial charge in [-0.15, -0.1) is 0 Å². The molecule has 0 aliphatic rings. The van der Waals surface area contributed by atoms with E-state index < -0.39 is 0 Å². The van der Waals surface area contributed by atoms with Gasteiger partial charge >= 0.3 is 16.6 Å². The minimum atomic E-state index is -0.0578. The molecular weight excluding hydrogens is 217 g/mol. The molecular formula is C12H10AlNO2. The summed E-state index contributed by atoms with van der Waals surface area (Å²) in [5, 5.41) is 9.04. The predicted octanol–water partition coefficient (Wildman–Crippen LogP) is 1.70. The maximum atomic E-state index is 9.04. The first-order valence-electron chi connectivity index (χ1n) is 4.88. The number of rotatable bonds is 3. The van der Waals surface area contributed by atoms with E-state index >= 15 is 0 Å². The van der Waals surface area contributed by atoms with Crippen molar-refractivity contribution >= 4 is 16.6 Å². The lowest BCUT2D eigenvalue weighted by Crippen LogP contribution is -1.94. The van der Waals surface area contributed by atoms with Crippen molar-refractivity contribution in [2.24, 2.45) is 0 Å². The lowest BCUT2D eigenvalue weighted by atomic mass is 10.1. The summed E-state index contributed by atoms with van der Waals surface area (Å²) in [4.78, 5) is 4.33. The van der Waals surface area contributed by atoms with E-state index in [9.17, 15) is 0 Å². The summed E-state index contributed by atoms with van der Waals surface area (Å²) in [6.45, 7) is -0.0578. The van der Waals surface area contributed by atoms with Crippen LogP contribution in [0.4, 0.5) is 0 Å². The van der Waals surface area contributed by atoms with Crippen LogP contribution in [0.25, 0.3) is 11.3 Å². The Bertz CT molecular complexity index is 488. The summed E-state index contributed by atoms with van der Waals surface area (Å²) >= 11 is 2.22. The van der Waals surface area contributed by atoms with E-state index in [0.29, 0.717) is 5.69 Å². The highest BCUT2D eigenvalue weighted by molar-refractivity contribution is 6.00. The normalized spacial score (nSPS) is 10.1. The molecule has 78 valence electrons. The lowest BCUT2D eigenvalue weighted by molar-refractivity contribution is 0.277. The van der Waals surface area contributed by atoms with Gasteiger partial charge in [-0.25, -0.2) is 0 Å². The SMILES string of the molecule is OCc1cccc(-c2ccccc2[O][Al])n1. The highest BCUT2D eigenvalue weighted by Gasteiger charge is 2.05. The van der Waals surface area contributed by atoms with Crippen molar-refractivity contribution in [3.05, 3.63) is 48.2 Å². The van der Waals surface area contributed by atoms with Gasteiger partial charge in [0.05, 0.1) is 23.7 Å². The van der Waals surface area contributed by atoms with E-state index in [0.717, 1.165) is 17.0 Å². The van der Waals surface area contributed by atoms with Crippen molar-refractivity contribution in [2.75, 3.05) is 0 Å². The fourth-order valence-electron chi connectivity index (χ4n) is 1.50. The van der Waals surface area contributed by atoms with Gasteiger partial charge in [-0.05, 0) is 24.3 Å². The third-order valence-corrected chi connectivity index (χ3v) is 2.51. The van der Waals surface area contributed by atoms with Crippen molar-refractivity contribution in [1.29, 1.82) is 0 Å². The number of hydrogen-bond acceptors (Lipinski definition) is 3. The molecule has 1 N–H and O–H groups in total. The van der Waals surface area contributed by atoms with E-state index in [2.05, 4.69) is 21.6 Å². The average molecular weight is 227 g/mol. The molecule has 0 spiro atoms. The number of pyridine rings is 1. The summed E-state index contributed by atoms with van der Waals surface area (Å²) < 4.78 is 5.19. The average Bonchev–Trinajstić information content (AvgIpc) is 2.38. The standard InChI is InChI=1S/C12H11NO2.Al/c14-8-9-4-3-6-11(13-9)10-5-1-2-7-12(10)15;/h1-7,14-15H,8H2;/q;+1/p-1. The number of nitrogens with zero attached hydrogens (tertiary/aromatic N) is 1. The van der Waals surface area contributed by atoms with Gasteiger partial charge in [0.25, 0.3) is 0 Å². The molecule has 0 fully saturated rings. The van der Waals surface area contributed by atoms with Crippen LogP contribution in [0.15, 0.2) is 42.5 Å². The maximum Gasteiger partial charge on any atom is 0.482 e. The smallest absolute Gasteiger partial charge is 0.482 e. The van der Waals surface area contributed by atoms with Crippen molar-refractivity contribution in [3.8, 4) is 17.0 Å². The molecule has 3 nitrogen and oxygen atoms in total. The van der Waals surface area contributed by atoms with Crippen LogP contribution in [0.3, 0.4) is 0 Å². The first kappa shape index (κ1) is 11.2. The molecule has 16 heavy (non-hydrogen) atoms. The molecule has 0 unspecified atom stereocenters. The summed E-state index contributed by atoms with van der Waals surface area (Å²) in [5.41, 5.74) is 2.36. The van der Waals surface area contributed by atoms with Crippen LogP contribution in [0.2, 0.25) is 0 Å². The maximum absolute atomic E-state index is 9.04. The van der Waals surface area contributed by atoms with E-state index in [1.165, 1.54) is 0 Å².